The highest BCUT2D eigenvalue weighted by Crippen LogP contribution is 2.27. The fourth-order valence-corrected chi connectivity index (χ4v) is 2.43. The van der Waals surface area contributed by atoms with Gasteiger partial charge in [-0.25, -0.2) is 0 Å². The van der Waals surface area contributed by atoms with Crippen molar-refractivity contribution in [1.29, 1.82) is 0 Å². The molecule has 0 aliphatic heterocycles. The van der Waals surface area contributed by atoms with Crippen LogP contribution < -0.4 is 5.32 Å². The second-order valence-electron chi connectivity index (χ2n) is 4.90. The van der Waals surface area contributed by atoms with Crippen molar-refractivity contribution >= 4 is 29.1 Å². The van der Waals surface area contributed by atoms with Crippen LogP contribution in [0, 0.1) is 0 Å². The maximum Gasteiger partial charge on any atom is 0.224 e. The second-order valence-corrected chi connectivity index (χ2v) is 5.28. The molecular weight excluding hydrogens is 290 g/mol. The fraction of sp³-hybridized carbons (Fsp3) is 0.312. The lowest BCUT2D eigenvalue weighted by Crippen LogP contribution is -2.32. The van der Waals surface area contributed by atoms with Gasteiger partial charge in [0.05, 0.1) is 0 Å². The third-order valence-electron chi connectivity index (χ3n) is 3.33. The molecule has 0 unspecified atom stereocenters. The Balaban J connectivity index is 2.20. The first-order valence-corrected chi connectivity index (χ1v) is 7.32. The number of hydrogen-bond donors (Lipinski definition) is 1. The summed E-state index contributed by atoms with van der Waals surface area (Å²) in [5.74, 6) is -1.15. The minimum atomic E-state index is -0.435. The summed E-state index contributed by atoms with van der Waals surface area (Å²) in [7, 11) is 0. The SMILES string of the molecule is CCCCCC(=O)NC1=C(Cl)C(=O)c2ccccc2C1=O. The van der Waals surface area contributed by atoms with Gasteiger partial charge in [-0.2, -0.15) is 0 Å². The van der Waals surface area contributed by atoms with Crippen molar-refractivity contribution < 1.29 is 14.4 Å². The van der Waals surface area contributed by atoms with Crippen LogP contribution in [0.2, 0.25) is 0 Å². The number of Topliss-reactive ketones (excluding diaryl/α,β-unsaturated/α-hetero) is 2. The second kappa shape index (κ2) is 6.68. The maximum absolute atomic E-state index is 12.3. The van der Waals surface area contributed by atoms with Crippen LogP contribution in [0.3, 0.4) is 0 Å². The zero-order chi connectivity index (χ0) is 15.4. The first-order chi connectivity index (χ1) is 10.1. The van der Waals surface area contributed by atoms with Gasteiger partial charge in [0.1, 0.15) is 10.7 Å². The van der Waals surface area contributed by atoms with E-state index < -0.39 is 11.6 Å². The number of amides is 1. The Labute approximate surface area is 128 Å². The molecule has 21 heavy (non-hydrogen) atoms. The number of halogens is 1. The quantitative estimate of drug-likeness (QED) is 0.850. The number of carbonyl (C=O) groups is 3. The van der Waals surface area contributed by atoms with Crippen molar-refractivity contribution in [2.75, 3.05) is 0 Å². The van der Waals surface area contributed by atoms with Gasteiger partial charge in [-0.05, 0) is 6.42 Å². The van der Waals surface area contributed by atoms with E-state index in [1.54, 1.807) is 24.3 Å². The Morgan fingerprint density at radius 1 is 1.10 bits per heavy atom. The first kappa shape index (κ1) is 15.4. The molecule has 5 heteroatoms. The summed E-state index contributed by atoms with van der Waals surface area (Å²) in [6.45, 7) is 2.04. The van der Waals surface area contributed by atoms with Gasteiger partial charge in [0.15, 0.2) is 0 Å². The summed E-state index contributed by atoms with van der Waals surface area (Å²) in [6, 6.07) is 6.45. The van der Waals surface area contributed by atoms with Crippen LogP contribution in [0.4, 0.5) is 0 Å². The number of nitrogens with one attached hydrogen (secondary N) is 1. The molecular formula is C16H16ClNO3. The molecule has 0 fully saturated rings. The molecule has 0 saturated heterocycles. The molecule has 0 spiro atoms. The lowest BCUT2D eigenvalue weighted by Gasteiger charge is -2.18. The monoisotopic (exact) mass is 305 g/mol. The van der Waals surface area contributed by atoms with Crippen LogP contribution >= 0.6 is 11.6 Å². The van der Waals surface area contributed by atoms with Gasteiger partial charge in [-0.1, -0.05) is 55.6 Å². The Kier molecular flexibility index (Phi) is 4.91. The normalized spacial score (nSPS) is 14.2. The molecule has 1 N–H and O–H groups in total. The average Bonchev–Trinajstić information content (AvgIpc) is 2.49. The predicted octanol–water partition coefficient (Wildman–Crippen LogP) is 3.21. The summed E-state index contributed by atoms with van der Waals surface area (Å²) < 4.78 is 0. The number of hydrogen-bond acceptors (Lipinski definition) is 3. The minimum absolute atomic E-state index is 0.109. The van der Waals surface area contributed by atoms with E-state index in [2.05, 4.69) is 5.32 Å². The molecule has 110 valence electrons. The largest absolute Gasteiger partial charge is 0.321 e. The van der Waals surface area contributed by atoms with Crippen LogP contribution in [-0.4, -0.2) is 17.5 Å². The van der Waals surface area contributed by atoms with E-state index in [0.717, 1.165) is 19.3 Å². The number of unbranched alkanes of at least 4 members (excludes halogenated alkanes) is 2. The number of fused-ring (bicyclic) bond motifs is 1. The zero-order valence-corrected chi connectivity index (χ0v) is 12.5. The minimum Gasteiger partial charge on any atom is -0.321 e. The molecule has 1 aromatic carbocycles. The highest BCUT2D eigenvalue weighted by molar-refractivity contribution is 6.50. The van der Waals surface area contributed by atoms with Gasteiger partial charge in [0, 0.05) is 17.5 Å². The average molecular weight is 306 g/mol. The highest BCUT2D eigenvalue weighted by atomic mass is 35.5. The van der Waals surface area contributed by atoms with E-state index in [-0.39, 0.29) is 27.8 Å². The smallest absolute Gasteiger partial charge is 0.224 e. The molecule has 0 saturated carbocycles. The van der Waals surface area contributed by atoms with Crippen LogP contribution in [0.25, 0.3) is 0 Å². The Morgan fingerprint density at radius 3 is 2.33 bits per heavy atom. The van der Waals surface area contributed by atoms with E-state index in [1.807, 2.05) is 6.92 Å². The third kappa shape index (κ3) is 3.22. The lowest BCUT2D eigenvalue weighted by molar-refractivity contribution is -0.120. The van der Waals surface area contributed by atoms with Gasteiger partial charge in [-0.3, -0.25) is 14.4 Å². The number of benzene rings is 1. The van der Waals surface area contributed by atoms with Crippen LogP contribution in [0.5, 0.6) is 0 Å². The van der Waals surface area contributed by atoms with Crippen molar-refractivity contribution in [3.8, 4) is 0 Å². The number of allylic oxidation sites excluding steroid dienone is 2. The predicted molar refractivity (Wildman–Crippen MR) is 80.3 cm³/mol. The standard InChI is InChI=1S/C16H16ClNO3/c1-2-3-4-9-12(19)18-14-13(17)15(20)10-7-5-6-8-11(10)16(14)21/h5-8H,2-4,9H2,1H3,(H,18,19). The number of rotatable bonds is 5. The molecule has 1 amide bonds. The van der Waals surface area contributed by atoms with Crippen LogP contribution in [0.1, 0.15) is 53.3 Å². The van der Waals surface area contributed by atoms with E-state index >= 15 is 0 Å². The third-order valence-corrected chi connectivity index (χ3v) is 3.69. The summed E-state index contributed by atoms with van der Waals surface area (Å²) in [5.41, 5.74) is 0.439. The molecule has 0 heterocycles. The van der Waals surface area contributed by atoms with Gasteiger partial charge in [-0.15, -0.1) is 0 Å². The summed E-state index contributed by atoms with van der Waals surface area (Å²) in [4.78, 5) is 36.3. The Hall–Kier alpha value is -1.94. The van der Waals surface area contributed by atoms with E-state index in [4.69, 9.17) is 11.6 Å². The van der Waals surface area contributed by atoms with Gasteiger partial charge >= 0.3 is 0 Å². The number of ketones is 2. The topological polar surface area (TPSA) is 63.2 Å². The Bertz CT molecular complexity index is 634. The lowest BCUT2D eigenvalue weighted by atomic mass is 9.92. The number of carbonyl (C=O) groups excluding carboxylic acids is 3. The molecule has 4 nitrogen and oxygen atoms in total. The van der Waals surface area contributed by atoms with Crippen LogP contribution in [0.15, 0.2) is 35.0 Å². The Morgan fingerprint density at radius 2 is 1.71 bits per heavy atom. The zero-order valence-electron chi connectivity index (χ0n) is 11.7. The van der Waals surface area contributed by atoms with Gasteiger partial charge in [0.25, 0.3) is 0 Å². The summed E-state index contributed by atoms with van der Waals surface area (Å²) >= 11 is 5.96. The fourth-order valence-electron chi connectivity index (χ4n) is 2.19. The molecule has 1 aliphatic rings. The maximum atomic E-state index is 12.3. The molecule has 0 atom stereocenters. The van der Waals surface area contributed by atoms with E-state index in [9.17, 15) is 14.4 Å². The van der Waals surface area contributed by atoms with E-state index in [0.29, 0.717) is 6.42 Å². The van der Waals surface area contributed by atoms with Crippen molar-refractivity contribution in [2.24, 2.45) is 0 Å². The summed E-state index contributed by atoms with van der Waals surface area (Å²) in [6.07, 6.45) is 2.99. The molecule has 1 aliphatic carbocycles. The van der Waals surface area contributed by atoms with E-state index in [1.165, 1.54) is 0 Å². The molecule has 1 aromatic rings. The van der Waals surface area contributed by atoms with Gasteiger partial charge in [0.2, 0.25) is 17.5 Å². The molecule has 0 bridgehead atoms. The first-order valence-electron chi connectivity index (χ1n) is 6.94. The van der Waals surface area contributed by atoms with Crippen LogP contribution in [-0.2, 0) is 4.79 Å². The van der Waals surface area contributed by atoms with Gasteiger partial charge < -0.3 is 5.32 Å². The van der Waals surface area contributed by atoms with Crippen molar-refractivity contribution in [3.05, 3.63) is 46.1 Å². The molecule has 0 radical (unpaired) electrons. The highest BCUT2D eigenvalue weighted by Gasteiger charge is 2.31. The summed E-state index contributed by atoms with van der Waals surface area (Å²) in [5, 5.41) is 2.27. The molecule has 0 aromatic heterocycles. The van der Waals surface area contributed by atoms with Crippen molar-refractivity contribution in [3.63, 3.8) is 0 Å². The van der Waals surface area contributed by atoms with Crippen molar-refractivity contribution in [2.45, 2.75) is 32.6 Å². The van der Waals surface area contributed by atoms with Crippen molar-refractivity contribution in [1.82, 2.24) is 5.32 Å². The molecule has 2 rings (SSSR count).